The van der Waals surface area contributed by atoms with Gasteiger partial charge in [-0.2, -0.15) is 5.10 Å². The molecule has 1 atom stereocenters. The third-order valence-corrected chi connectivity index (χ3v) is 9.29. The van der Waals surface area contributed by atoms with E-state index >= 15 is 0 Å². The molecule has 38 heavy (non-hydrogen) atoms. The van der Waals surface area contributed by atoms with Gasteiger partial charge >= 0.3 is 0 Å². The van der Waals surface area contributed by atoms with Crippen LogP contribution in [0.15, 0.2) is 48.1 Å². The first kappa shape index (κ1) is 27.9. The number of sulfonamides is 1. The summed E-state index contributed by atoms with van der Waals surface area (Å²) < 4.78 is 29.5. The Balaban J connectivity index is 1.74. The molecule has 0 saturated carbocycles. The van der Waals surface area contributed by atoms with E-state index in [0.717, 1.165) is 23.7 Å². The van der Waals surface area contributed by atoms with Gasteiger partial charge in [0.15, 0.2) is 11.4 Å². The van der Waals surface area contributed by atoms with Crippen LogP contribution in [0, 0.1) is 0 Å². The average molecular weight is 555 g/mol. The second-order valence-corrected chi connectivity index (χ2v) is 12.7. The van der Waals surface area contributed by atoms with Gasteiger partial charge in [0.2, 0.25) is 10.0 Å². The summed E-state index contributed by atoms with van der Waals surface area (Å²) in [7, 11) is -3.67. The number of aromatic nitrogens is 4. The maximum atomic E-state index is 13.3. The Labute approximate surface area is 228 Å². The van der Waals surface area contributed by atoms with Gasteiger partial charge in [-0.1, -0.05) is 19.9 Å². The molecule has 11 heteroatoms. The number of thiophene rings is 1. The van der Waals surface area contributed by atoms with Crippen molar-refractivity contribution in [1.29, 1.82) is 0 Å². The Morgan fingerprint density at radius 2 is 1.87 bits per heavy atom. The number of rotatable bonds is 12. The van der Waals surface area contributed by atoms with Crippen molar-refractivity contribution in [3.63, 3.8) is 0 Å². The molecule has 0 saturated heterocycles. The van der Waals surface area contributed by atoms with E-state index in [0.29, 0.717) is 35.3 Å². The zero-order valence-corrected chi connectivity index (χ0v) is 24.0. The molecule has 0 fully saturated rings. The number of Topliss-reactive ketones (excluding diaryl/α,β-unsaturated/α-hetero) is 1. The lowest BCUT2D eigenvalue weighted by atomic mass is 10.0. The topological polar surface area (TPSA) is 110 Å². The largest absolute Gasteiger partial charge is 0.301 e. The van der Waals surface area contributed by atoms with E-state index in [4.69, 9.17) is 4.98 Å². The Bertz CT molecular complexity index is 1510. The number of anilines is 1. The number of carbonyl (C=O) groups is 1. The van der Waals surface area contributed by atoms with Crippen molar-refractivity contribution in [1.82, 2.24) is 24.5 Å². The van der Waals surface area contributed by atoms with Gasteiger partial charge in [0.1, 0.15) is 5.82 Å². The summed E-state index contributed by atoms with van der Waals surface area (Å²) in [6, 6.07) is 9.33. The molecule has 0 aromatic carbocycles. The van der Waals surface area contributed by atoms with Gasteiger partial charge in [-0.15, -0.1) is 11.3 Å². The highest BCUT2D eigenvalue weighted by molar-refractivity contribution is 7.93. The molecule has 1 N–H and O–H groups in total. The molecule has 0 aliphatic rings. The lowest BCUT2D eigenvalue weighted by molar-refractivity contribution is 0.0964. The van der Waals surface area contributed by atoms with Crippen LogP contribution in [0.2, 0.25) is 0 Å². The first-order chi connectivity index (χ1) is 18.1. The molecule has 9 nitrogen and oxygen atoms in total. The van der Waals surface area contributed by atoms with E-state index in [1.54, 1.807) is 42.0 Å². The van der Waals surface area contributed by atoms with Crippen molar-refractivity contribution in [3.8, 4) is 21.8 Å². The van der Waals surface area contributed by atoms with Crippen LogP contribution in [0.5, 0.6) is 0 Å². The van der Waals surface area contributed by atoms with Crippen molar-refractivity contribution >= 4 is 38.6 Å². The lowest BCUT2D eigenvalue weighted by Crippen LogP contribution is -2.33. The molecule has 0 radical (unpaired) electrons. The van der Waals surface area contributed by atoms with Gasteiger partial charge in [-0.25, -0.2) is 22.9 Å². The second-order valence-electron chi connectivity index (χ2n) is 9.47. The summed E-state index contributed by atoms with van der Waals surface area (Å²) >= 11 is 1.59. The molecule has 4 rings (SSSR count). The van der Waals surface area contributed by atoms with Crippen LogP contribution in [0.25, 0.3) is 27.5 Å². The summed E-state index contributed by atoms with van der Waals surface area (Å²) in [5.74, 6) is 0.0338. The molecule has 4 aromatic rings. The number of hydrogen-bond acceptors (Lipinski definition) is 8. The second kappa shape index (κ2) is 11.7. The van der Waals surface area contributed by atoms with Crippen LogP contribution in [0.3, 0.4) is 0 Å². The summed E-state index contributed by atoms with van der Waals surface area (Å²) in [6.45, 7) is 11.4. The Hall–Kier alpha value is -3.15. The molecule has 202 valence electrons. The number of hydrogen-bond donors (Lipinski definition) is 1. The van der Waals surface area contributed by atoms with Crippen molar-refractivity contribution in [2.45, 2.75) is 58.8 Å². The first-order valence-electron chi connectivity index (χ1n) is 12.8. The fourth-order valence-electron chi connectivity index (χ4n) is 4.27. The zero-order valence-electron chi connectivity index (χ0n) is 22.4. The number of pyridine rings is 1. The first-order valence-corrected chi connectivity index (χ1v) is 15.2. The third-order valence-electron chi connectivity index (χ3n) is 6.66. The van der Waals surface area contributed by atoms with Gasteiger partial charge in [0.25, 0.3) is 0 Å². The molecule has 0 aliphatic heterocycles. The molecule has 0 unspecified atom stereocenters. The van der Waals surface area contributed by atoms with Gasteiger partial charge in [-0.05, 0) is 69.9 Å². The van der Waals surface area contributed by atoms with E-state index in [9.17, 15) is 13.2 Å². The fourth-order valence-corrected chi connectivity index (χ4v) is 5.60. The number of nitrogens with zero attached hydrogens (tertiary/aromatic N) is 5. The fraction of sp³-hybridized carbons (Fsp3) is 0.407. The maximum absolute atomic E-state index is 13.3. The minimum absolute atomic E-state index is 0.0682. The smallest absolute Gasteiger partial charge is 0.236 e. The molecule has 0 aliphatic carbocycles. The summed E-state index contributed by atoms with van der Waals surface area (Å²) in [5.41, 5.74) is 2.81. The highest BCUT2D eigenvalue weighted by Gasteiger charge is 2.21. The highest BCUT2D eigenvalue weighted by atomic mass is 32.2. The normalized spacial score (nSPS) is 12.9. The van der Waals surface area contributed by atoms with Crippen LogP contribution in [-0.2, 0) is 10.0 Å². The van der Waals surface area contributed by atoms with Crippen molar-refractivity contribution in [2.24, 2.45) is 0 Å². The minimum atomic E-state index is -3.67. The molecule has 0 amide bonds. The van der Waals surface area contributed by atoms with Crippen LogP contribution < -0.4 is 4.72 Å². The van der Waals surface area contributed by atoms with Crippen LogP contribution in [0.1, 0.15) is 57.8 Å². The van der Waals surface area contributed by atoms with E-state index in [1.165, 1.54) is 6.07 Å². The van der Waals surface area contributed by atoms with Crippen LogP contribution in [-0.4, -0.2) is 63.1 Å². The number of nitrogens with one attached hydrogen (secondary N) is 1. The van der Waals surface area contributed by atoms with Gasteiger partial charge < -0.3 is 4.90 Å². The zero-order chi connectivity index (χ0) is 27.4. The van der Waals surface area contributed by atoms with Crippen molar-refractivity contribution in [3.05, 3.63) is 53.7 Å². The van der Waals surface area contributed by atoms with E-state index in [1.807, 2.05) is 29.8 Å². The monoisotopic (exact) mass is 554 g/mol. The van der Waals surface area contributed by atoms with Crippen LogP contribution >= 0.6 is 11.3 Å². The third kappa shape index (κ3) is 6.11. The predicted molar refractivity (Wildman–Crippen MR) is 153 cm³/mol. The molecular weight excluding hydrogens is 520 g/mol. The Kier molecular flexibility index (Phi) is 8.59. The van der Waals surface area contributed by atoms with E-state index in [2.05, 4.69) is 40.5 Å². The Morgan fingerprint density at radius 1 is 1.11 bits per heavy atom. The van der Waals surface area contributed by atoms with E-state index < -0.39 is 15.3 Å². The van der Waals surface area contributed by atoms with Crippen molar-refractivity contribution in [2.75, 3.05) is 17.8 Å². The lowest BCUT2D eigenvalue weighted by Gasteiger charge is -2.26. The number of ketones is 1. The molecule has 0 bridgehead atoms. The predicted octanol–water partition coefficient (Wildman–Crippen LogP) is 5.36. The van der Waals surface area contributed by atoms with Gasteiger partial charge in [0.05, 0.1) is 33.3 Å². The van der Waals surface area contributed by atoms with Gasteiger partial charge in [-0.3, -0.25) is 9.52 Å². The summed E-state index contributed by atoms with van der Waals surface area (Å²) in [6.07, 6.45) is 4.51. The van der Waals surface area contributed by atoms with E-state index in [-0.39, 0.29) is 17.6 Å². The standard InChI is InChI=1S/C27H34N6O3S2/c1-6-32(7-2)19(5)10-11-24(34)20-15-23(29-26(16-20)31-38(35,36)18(3)4)21-17-28-33-13-12-22(30-27(21)33)25-9-8-14-37-25/h8-9,12-19H,6-7,10-11H2,1-5H3,(H,29,31)/t19-/m0/s1. The highest BCUT2D eigenvalue weighted by Crippen LogP contribution is 2.29. The summed E-state index contributed by atoms with van der Waals surface area (Å²) in [4.78, 5) is 26.0. The SMILES string of the molecule is CCN(CC)[C@@H](C)CCC(=O)c1cc(NS(=O)(=O)C(C)C)nc(-c2cnn3ccc(-c4cccs4)nc23)c1. The summed E-state index contributed by atoms with van der Waals surface area (Å²) in [5, 5.41) is 5.74. The average Bonchev–Trinajstić information content (AvgIpc) is 3.57. The Morgan fingerprint density at radius 3 is 2.53 bits per heavy atom. The molecule has 4 aromatic heterocycles. The molecule has 4 heterocycles. The maximum Gasteiger partial charge on any atom is 0.236 e. The number of fused-ring (bicyclic) bond motifs is 1. The molecule has 0 spiro atoms. The van der Waals surface area contributed by atoms with Crippen LogP contribution in [0.4, 0.5) is 5.82 Å². The molecular formula is C27H34N6O3S2. The quantitative estimate of drug-likeness (QED) is 0.235. The minimum Gasteiger partial charge on any atom is -0.301 e. The number of carbonyl (C=O) groups excluding carboxylic acids is 1. The van der Waals surface area contributed by atoms with Gasteiger partial charge in [0, 0.05) is 24.2 Å². The van der Waals surface area contributed by atoms with Crippen molar-refractivity contribution < 1.29 is 13.2 Å².